The lowest BCUT2D eigenvalue weighted by atomic mass is 9.96. The molecule has 0 saturated heterocycles. The first-order valence-corrected chi connectivity index (χ1v) is 6.76. The van der Waals surface area contributed by atoms with Crippen LogP contribution in [0.15, 0.2) is 48.5 Å². The highest BCUT2D eigenvalue weighted by Crippen LogP contribution is 2.32. The molecule has 1 heterocycles. The molecule has 0 saturated carbocycles. The van der Waals surface area contributed by atoms with Gasteiger partial charge in [-0.1, -0.05) is 49.7 Å². The molecule has 0 fully saturated rings. The number of rotatable bonds is 3. The summed E-state index contributed by atoms with van der Waals surface area (Å²) in [6.45, 7) is 2.09. The first kappa shape index (κ1) is 12.1. The lowest BCUT2D eigenvalue weighted by Gasteiger charge is -2.15. The predicted octanol–water partition coefficient (Wildman–Crippen LogP) is 4.22. The summed E-state index contributed by atoms with van der Waals surface area (Å²) in [5, 5.41) is 12.6. The maximum Gasteiger partial charge on any atom is 0.0803 e. The fourth-order valence-electron chi connectivity index (χ4n) is 2.65. The van der Waals surface area contributed by atoms with E-state index in [0.29, 0.717) is 0 Å². The van der Waals surface area contributed by atoms with E-state index in [9.17, 15) is 5.11 Å². The Morgan fingerprint density at radius 2 is 1.47 bits per heavy atom. The molecule has 0 amide bonds. The topological polar surface area (TPSA) is 33.1 Å². The zero-order valence-corrected chi connectivity index (χ0v) is 11.0. The van der Waals surface area contributed by atoms with Crippen molar-refractivity contribution >= 4 is 21.8 Å². The van der Waals surface area contributed by atoms with E-state index >= 15 is 0 Å². The van der Waals surface area contributed by atoms with Crippen LogP contribution in [0.1, 0.15) is 31.4 Å². The summed E-state index contributed by atoms with van der Waals surface area (Å²) in [5.41, 5.74) is 2.92. The van der Waals surface area contributed by atoms with Gasteiger partial charge < -0.3 is 5.11 Å². The third-order valence-corrected chi connectivity index (χ3v) is 3.52. The Kier molecular flexibility index (Phi) is 3.18. The van der Waals surface area contributed by atoms with Crippen molar-refractivity contribution in [1.29, 1.82) is 0 Å². The number of fused-ring (bicyclic) bond motifs is 2. The van der Waals surface area contributed by atoms with E-state index in [4.69, 9.17) is 0 Å². The highest BCUT2D eigenvalue weighted by atomic mass is 16.3. The van der Waals surface area contributed by atoms with E-state index in [0.717, 1.165) is 40.2 Å². The lowest BCUT2D eigenvalue weighted by Crippen LogP contribution is -2.00. The van der Waals surface area contributed by atoms with E-state index < -0.39 is 6.10 Å². The molecule has 0 radical (unpaired) electrons. The Hall–Kier alpha value is -1.93. The normalized spacial score (nSPS) is 12.9. The van der Waals surface area contributed by atoms with Gasteiger partial charge >= 0.3 is 0 Å². The van der Waals surface area contributed by atoms with Crippen molar-refractivity contribution in [2.45, 2.75) is 25.9 Å². The van der Waals surface area contributed by atoms with Crippen LogP contribution in [0.3, 0.4) is 0 Å². The van der Waals surface area contributed by atoms with Crippen molar-refractivity contribution in [1.82, 2.24) is 4.98 Å². The number of para-hydroxylation sites is 2. The number of benzene rings is 2. The van der Waals surface area contributed by atoms with Crippen molar-refractivity contribution in [3.8, 4) is 0 Å². The third-order valence-electron chi connectivity index (χ3n) is 3.52. The van der Waals surface area contributed by atoms with Crippen LogP contribution >= 0.6 is 0 Å². The second kappa shape index (κ2) is 4.98. The highest BCUT2D eigenvalue weighted by molar-refractivity contribution is 5.97. The Morgan fingerprint density at radius 1 is 0.947 bits per heavy atom. The maximum absolute atomic E-state index is 10.5. The SMILES string of the molecule is CCCC(O)c1c2ccccc2nc2ccccc12. The molecule has 1 unspecified atom stereocenters. The first-order valence-electron chi connectivity index (χ1n) is 6.76. The van der Waals surface area contributed by atoms with Crippen LogP contribution in [0.2, 0.25) is 0 Å². The van der Waals surface area contributed by atoms with Gasteiger partial charge in [0.2, 0.25) is 0 Å². The molecule has 19 heavy (non-hydrogen) atoms. The van der Waals surface area contributed by atoms with Crippen molar-refractivity contribution in [2.24, 2.45) is 0 Å². The van der Waals surface area contributed by atoms with Gasteiger partial charge in [-0.3, -0.25) is 0 Å². The second-order valence-electron chi connectivity index (χ2n) is 4.86. The molecule has 1 N–H and O–H groups in total. The van der Waals surface area contributed by atoms with E-state index in [1.54, 1.807) is 0 Å². The summed E-state index contributed by atoms with van der Waals surface area (Å²) in [7, 11) is 0. The molecule has 96 valence electrons. The highest BCUT2D eigenvalue weighted by Gasteiger charge is 2.15. The molecule has 2 nitrogen and oxygen atoms in total. The minimum Gasteiger partial charge on any atom is -0.388 e. The average Bonchev–Trinajstić information content (AvgIpc) is 2.44. The van der Waals surface area contributed by atoms with Gasteiger partial charge in [0.15, 0.2) is 0 Å². The van der Waals surface area contributed by atoms with Crippen LogP contribution in [0.25, 0.3) is 21.8 Å². The van der Waals surface area contributed by atoms with Crippen LogP contribution in [0.5, 0.6) is 0 Å². The molecular formula is C17H17NO. The number of aromatic nitrogens is 1. The standard InChI is InChI=1S/C17H17NO/c1-2-7-16(19)17-12-8-3-5-10-14(12)18-15-11-6-4-9-13(15)17/h3-6,8-11,16,19H,2,7H2,1H3. The fraction of sp³-hybridized carbons (Fsp3) is 0.235. The van der Waals surface area contributed by atoms with Gasteiger partial charge in [0.25, 0.3) is 0 Å². The molecule has 1 aromatic heterocycles. The zero-order chi connectivity index (χ0) is 13.2. The molecule has 0 aliphatic rings. The number of aliphatic hydroxyl groups excluding tert-OH is 1. The third kappa shape index (κ3) is 2.08. The average molecular weight is 251 g/mol. The summed E-state index contributed by atoms with van der Waals surface area (Å²) in [6, 6.07) is 16.1. The lowest BCUT2D eigenvalue weighted by molar-refractivity contribution is 0.169. The van der Waals surface area contributed by atoms with Crippen LogP contribution in [-0.2, 0) is 0 Å². The monoisotopic (exact) mass is 251 g/mol. The van der Waals surface area contributed by atoms with E-state index in [1.165, 1.54) is 0 Å². The minimum atomic E-state index is -0.428. The molecule has 0 aliphatic heterocycles. The van der Waals surface area contributed by atoms with Crippen LogP contribution in [0, 0.1) is 0 Å². The van der Waals surface area contributed by atoms with Crippen molar-refractivity contribution in [2.75, 3.05) is 0 Å². The van der Waals surface area contributed by atoms with E-state index in [-0.39, 0.29) is 0 Å². The number of nitrogens with zero attached hydrogens (tertiary/aromatic N) is 1. The molecular weight excluding hydrogens is 234 g/mol. The minimum absolute atomic E-state index is 0.428. The van der Waals surface area contributed by atoms with Gasteiger partial charge in [-0.05, 0) is 24.1 Å². The quantitative estimate of drug-likeness (QED) is 0.707. The van der Waals surface area contributed by atoms with Crippen molar-refractivity contribution in [3.63, 3.8) is 0 Å². The largest absolute Gasteiger partial charge is 0.388 e. The van der Waals surface area contributed by atoms with E-state index in [2.05, 4.69) is 11.9 Å². The molecule has 3 rings (SSSR count). The van der Waals surface area contributed by atoms with Gasteiger partial charge in [0, 0.05) is 10.8 Å². The predicted molar refractivity (Wildman–Crippen MR) is 79.1 cm³/mol. The fourth-order valence-corrected chi connectivity index (χ4v) is 2.65. The summed E-state index contributed by atoms with van der Waals surface area (Å²) in [5.74, 6) is 0. The molecule has 1 atom stereocenters. The van der Waals surface area contributed by atoms with Crippen LogP contribution in [0.4, 0.5) is 0 Å². The molecule has 0 spiro atoms. The second-order valence-corrected chi connectivity index (χ2v) is 4.86. The van der Waals surface area contributed by atoms with Gasteiger partial charge in [0.1, 0.15) is 0 Å². The number of pyridine rings is 1. The molecule has 3 aromatic rings. The van der Waals surface area contributed by atoms with Crippen LogP contribution in [-0.4, -0.2) is 10.1 Å². The summed E-state index contributed by atoms with van der Waals surface area (Å²) < 4.78 is 0. The number of hydrogen-bond acceptors (Lipinski definition) is 2. The Morgan fingerprint density at radius 3 is 2.00 bits per heavy atom. The van der Waals surface area contributed by atoms with Gasteiger partial charge in [-0.15, -0.1) is 0 Å². The number of aliphatic hydroxyl groups is 1. The van der Waals surface area contributed by atoms with E-state index in [1.807, 2.05) is 48.5 Å². The summed E-state index contributed by atoms with van der Waals surface area (Å²) in [4.78, 5) is 4.67. The Bertz CT molecular complexity index is 667. The number of hydrogen-bond donors (Lipinski definition) is 1. The first-order chi connectivity index (χ1) is 9.31. The van der Waals surface area contributed by atoms with Crippen LogP contribution < -0.4 is 0 Å². The Labute approximate surface area is 112 Å². The molecule has 2 heteroatoms. The molecule has 0 aliphatic carbocycles. The summed E-state index contributed by atoms with van der Waals surface area (Å²) >= 11 is 0. The smallest absolute Gasteiger partial charge is 0.0803 e. The van der Waals surface area contributed by atoms with Crippen molar-refractivity contribution in [3.05, 3.63) is 54.1 Å². The van der Waals surface area contributed by atoms with Crippen molar-refractivity contribution < 1.29 is 5.11 Å². The molecule has 2 aromatic carbocycles. The Balaban J connectivity index is 2.39. The summed E-state index contributed by atoms with van der Waals surface area (Å²) in [6.07, 6.45) is 1.31. The van der Waals surface area contributed by atoms with Gasteiger partial charge in [-0.2, -0.15) is 0 Å². The van der Waals surface area contributed by atoms with Gasteiger partial charge in [0.05, 0.1) is 17.1 Å². The zero-order valence-electron chi connectivity index (χ0n) is 11.0. The molecule has 0 bridgehead atoms. The maximum atomic E-state index is 10.5. The van der Waals surface area contributed by atoms with Gasteiger partial charge in [-0.25, -0.2) is 4.98 Å².